The minimum atomic E-state index is -0.144. The molecule has 98 valence electrons. The third kappa shape index (κ3) is 2.14. The first-order valence-corrected chi connectivity index (χ1v) is 7.01. The zero-order chi connectivity index (χ0) is 13.2. The van der Waals surface area contributed by atoms with Crippen LogP contribution in [0.15, 0.2) is 36.1 Å². The molecule has 6 heteroatoms. The number of imidazole rings is 1. The summed E-state index contributed by atoms with van der Waals surface area (Å²) in [4.78, 5) is 8.85. The van der Waals surface area contributed by atoms with E-state index in [-0.39, 0.29) is 6.04 Å². The molecule has 0 bridgehead atoms. The maximum atomic E-state index is 5.71. The Kier molecular flexibility index (Phi) is 3.29. The predicted molar refractivity (Wildman–Crippen MR) is 76.7 cm³/mol. The van der Waals surface area contributed by atoms with Crippen LogP contribution in [-0.4, -0.2) is 14.5 Å². The molecule has 0 amide bonds. The van der Waals surface area contributed by atoms with E-state index in [0.29, 0.717) is 0 Å². The molecule has 1 unspecified atom stereocenters. The Labute approximate surface area is 115 Å². The van der Waals surface area contributed by atoms with Gasteiger partial charge in [-0.3, -0.25) is 10.8 Å². The number of hydrazine groups is 1. The van der Waals surface area contributed by atoms with E-state index in [1.54, 1.807) is 17.5 Å². The summed E-state index contributed by atoms with van der Waals surface area (Å²) in [5.41, 5.74) is 4.88. The van der Waals surface area contributed by atoms with Gasteiger partial charge in [-0.2, -0.15) is 0 Å². The second-order valence-corrected chi connectivity index (χ2v) is 5.19. The number of nitrogens with one attached hydrogen (secondary N) is 1. The molecular weight excluding hydrogens is 258 g/mol. The predicted octanol–water partition coefficient (Wildman–Crippen LogP) is 2.07. The van der Waals surface area contributed by atoms with Crippen LogP contribution >= 0.6 is 11.3 Å². The Morgan fingerprint density at radius 2 is 2.37 bits per heavy atom. The molecule has 0 saturated heterocycles. The molecule has 0 aliphatic carbocycles. The van der Waals surface area contributed by atoms with Crippen LogP contribution in [0.2, 0.25) is 0 Å². The average molecular weight is 273 g/mol. The van der Waals surface area contributed by atoms with Crippen LogP contribution in [0.4, 0.5) is 0 Å². The van der Waals surface area contributed by atoms with E-state index < -0.39 is 0 Å². The van der Waals surface area contributed by atoms with Gasteiger partial charge in [0.1, 0.15) is 11.9 Å². The zero-order valence-electron chi connectivity index (χ0n) is 10.6. The highest BCUT2D eigenvalue weighted by Crippen LogP contribution is 2.25. The Morgan fingerprint density at radius 1 is 1.47 bits per heavy atom. The van der Waals surface area contributed by atoms with E-state index in [9.17, 15) is 0 Å². The number of aromatic nitrogens is 3. The second-order valence-electron chi connectivity index (χ2n) is 4.24. The van der Waals surface area contributed by atoms with Crippen molar-refractivity contribution in [2.45, 2.75) is 19.5 Å². The largest absolute Gasteiger partial charge is 0.334 e. The van der Waals surface area contributed by atoms with Crippen molar-refractivity contribution in [3.8, 4) is 0 Å². The SMILES string of the molecule is CCn1ccnc1C(NN)c1cnc2ccsc2c1. The second kappa shape index (κ2) is 5.08. The van der Waals surface area contributed by atoms with Crippen LogP contribution in [0.5, 0.6) is 0 Å². The Morgan fingerprint density at radius 3 is 3.16 bits per heavy atom. The lowest BCUT2D eigenvalue weighted by Crippen LogP contribution is -2.31. The van der Waals surface area contributed by atoms with Crippen molar-refractivity contribution >= 4 is 21.6 Å². The molecule has 0 aromatic carbocycles. The van der Waals surface area contributed by atoms with E-state index >= 15 is 0 Å². The quantitative estimate of drug-likeness (QED) is 0.564. The summed E-state index contributed by atoms with van der Waals surface area (Å²) in [7, 11) is 0. The van der Waals surface area contributed by atoms with E-state index in [4.69, 9.17) is 5.84 Å². The van der Waals surface area contributed by atoms with E-state index in [0.717, 1.165) is 28.1 Å². The highest BCUT2D eigenvalue weighted by atomic mass is 32.1. The van der Waals surface area contributed by atoms with Gasteiger partial charge >= 0.3 is 0 Å². The van der Waals surface area contributed by atoms with Gasteiger partial charge in [0.25, 0.3) is 0 Å². The maximum absolute atomic E-state index is 5.71. The van der Waals surface area contributed by atoms with Crippen molar-refractivity contribution < 1.29 is 0 Å². The highest BCUT2D eigenvalue weighted by Gasteiger charge is 2.18. The van der Waals surface area contributed by atoms with Crippen LogP contribution < -0.4 is 11.3 Å². The summed E-state index contributed by atoms with van der Waals surface area (Å²) in [5.74, 6) is 6.62. The van der Waals surface area contributed by atoms with Crippen LogP contribution in [0.1, 0.15) is 24.4 Å². The standard InChI is InChI=1S/C13H15N5S/c1-2-18-5-4-15-13(18)12(17-14)9-7-11-10(16-8-9)3-6-19-11/h3-8,12,17H,2,14H2,1H3. The summed E-state index contributed by atoms with van der Waals surface area (Å²) in [6.45, 7) is 2.95. The van der Waals surface area contributed by atoms with Crippen LogP contribution in [0.25, 0.3) is 10.2 Å². The number of aryl methyl sites for hydroxylation is 1. The van der Waals surface area contributed by atoms with Crippen molar-refractivity contribution in [1.82, 2.24) is 20.0 Å². The number of nitrogens with zero attached hydrogens (tertiary/aromatic N) is 3. The molecule has 1 atom stereocenters. The fourth-order valence-corrected chi connectivity index (χ4v) is 2.98. The summed E-state index contributed by atoms with van der Waals surface area (Å²) >= 11 is 1.68. The number of hydrogen-bond donors (Lipinski definition) is 2. The summed E-state index contributed by atoms with van der Waals surface area (Å²) in [6.07, 6.45) is 5.60. The first-order chi connectivity index (χ1) is 9.33. The lowest BCUT2D eigenvalue weighted by atomic mass is 10.1. The summed E-state index contributed by atoms with van der Waals surface area (Å²) in [5, 5.41) is 2.04. The van der Waals surface area contributed by atoms with Gasteiger partial charge < -0.3 is 4.57 Å². The maximum Gasteiger partial charge on any atom is 0.131 e. The number of thiophene rings is 1. The molecule has 19 heavy (non-hydrogen) atoms. The smallest absolute Gasteiger partial charge is 0.131 e. The van der Waals surface area contributed by atoms with Crippen molar-refractivity contribution in [1.29, 1.82) is 0 Å². The van der Waals surface area contributed by atoms with Crippen molar-refractivity contribution in [3.05, 3.63) is 47.5 Å². The number of pyridine rings is 1. The summed E-state index contributed by atoms with van der Waals surface area (Å²) < 4.78 is 3.23. The first-order valence-electron chi connectivity index (χ1n) is 6.13. The monoisotopic (exact) mass is 273 g/mol. The van der Waals surface area contributed by atoms with Gasteiger partial charge in [-0.05, 0) is 30.0 Å². The van der Waals surface area contributed by atoms with E-state index in [1.807, 2.05) is 23.8 Å². The molecule has 3 heterocycles. The molecule has 0 spiro atoms. The van der Waals surface area contributed by atoms with Crippen LogP contribution in [0.3, 0.4) is 0 Å². The van der Waals surface area contributed by atoms with Gasteiger partial charge in [-0.25, -0.2) is 10.4 Å². The molecule has 0 radical (unpaired) electrons. The van der Waals surface area contributed by atoms with Crippen LogP contribution in [0, 0.1) is 0 Å². The normalized spacial score (nSPS) is 12.9. The highest BCUT2D eigenvalue weighted by molar-refractivity contribution is 7.17. The number of hydrogen-bond acceptors (Lipinski definition) is 5. The molecule has 0 aliphatic heterocycles. The Bertz CT molecular complexity index is 687. The first kappa shape index (κ1) is 12.3. The number of nitrogens with two attached hydrogens (primary N) is 1. The molecule has 0 fully saturated rings. The molecule has 3 aromatic heterocycles. The molecule has 3 rings (SSSR count). The lowest BCUT2D eigenvalue weighted by molar-refractivity contribution is 0.560. The van der Waals surface area contributed by atoms with Gasteiger partial charge in [-0.1, -0.05) is 0 Å². The third-order valence-corrected chi connectivity index (χ3v) is 4.02. The van der Waals surface area contributed by atoms with Crippen molar-refractivity contribution in [2.75, 3.05) is 0 Å². The van der Waals surface area contributed by atoms with Gasteiger partial charge in [0, 0.05) is 25.1 Å². The summed E-state index contributed by atoms with van der Waals surface area (Å²) in [6, 6.07) is 3.99. The molecule has 0 saturated carbocycles. The molecular formula is C13H15N5S. The van der Waals surface area contributed by atoms with Crippen molar-refractivity contribution in [3.63, 3.8) is 0 Å². The van der Waals surface area contributed by atoms with Gasteiger partial charge in [0.2, 0.25) is 0 Å². The van der Waals surface area contributed by atoms with Gasteiger partial charge in [0.05, 0.1) is 10.2 Å². The third-order valence-electron chi connectivity index (χ3n) is 3.17. The zero-order valence-corrected chi connectivity index (χ0v) is 11.4. The topological polar surface area (TPSA) is 68.8 Å². The minimum Gasteiger partial charge on any atom is -0.334 e. The molecule has 5 nitrogen and oxygen atoms in total. The van der Waals surface area contributed by atoms with E-state index in [1.165, 1.54) is 0 Å². The molecule has 3 N–H and O–H groups in total. The van der Waals surface area contributed by atoms with E-state index in [2.05, 4.69) is 33.0 Å². The fourth-order valence-electron chi connectivity index (χ4n) is 2.19. The Balaban J connectivity index is 2.06. The molecule has 3 aromatic rings. The van der Waals surface area contributed by atoms with Gasteiger partial charge in [0.15, 0.2) is 0 Å². The fraction of sp³-hybridized carbons (Fsp3) is 0.231. The minimum absolute atomic E-state index is 0.144. The number of rotatable bonds is 4. The molecule has 0 aliphatic rings. The van der Waals surface area contributed by atoms with Crippen molar-refractivity contribution in [2.24, 2.45) is 5.84 Å². The average Bonchev–Trinajstić information content (AvgIpc) is 3.07. The number of fused-ring (bicyclic) bond motifs is 1. The Hall–Kier alpha value is -1.76. The van der Waals surface area contributed by atoms with Gasteiger partial charge in [-0.15, -0.1) is 11.3 Å². The lowest BCUT2D eigenvalue weighted by Gasteiger charge is -2.16. The van der Waals surface area contributed by atoms with Crippen LogP contribution in [-0.2, 0) is 6.54 Å².